The summed E-state index contributed by atoms with van der Waals surface area (Å²) in [5.74, 6) is -0.677. The third-order valence-corrected chi connectivity index (χ3v) is 6.99. The number of para-hydroxylation sites is 1. The molecule has 0 radical (unpaired) electrons. The number of anilines is 3. The average Bonchev–Trinajstić information content (AvgIpc) is 3.03. The number of imide groups is 1. The molecule has 1 aliphatic rings. The number of carbonyl (C=O) groups is 2. The molecule has 0 saturated carbocycles. The maximum atomic E-state index is 12.9. The molecular formula is C24H23N3O4S. The monoisotopic (exact) mass is 449 g/mol. The Labute approximate surface area is 187 Å². The van der Waals surface area contributed by atoms with Gasteiger partial charge in [-0.2, -0.15) is 0 Å². The quantitative estimate of drug-likeness (QED) is 0.526. The van der Waals surface area contributed by atoms with Crippen molar-refractivity contribution in [3.8, 4) is 0 Å². The molecule has 0 aliphatic carbocycles. The highest BCUT2D eigenvalue weighted by Crippen LogP contribution is 2.30. The minimum absolute atomic E-state index is 0.331. The Hall–Kier alpha value is -3.65. The van der Waals surface area contributed by atoms with E-state index in [0.29, 0.717) is 34.7 Å². The van der Waals surface area contributed by atoms with Crippen LogP contribution in [0.4, 0.5) is 17.1 Å². The third kappa shape index (κ3) is 4.22. The Morgan fingerprint density at radius 3 is 2.09 bits per heavy atom. The summed E-state index contributed by atoms with van der Waals surface area (Å²) in [7, 11) is -3.39. The van der Waals surface area contributed by atoms with Crippen LogP contribution in [0, 0.1) is 0 Å². The van der Waals surface area contributed by atoms with E-state index in [4.69, 9.17) is 0 Å². The molecule has 8 heteroatoms. The highest BCUT2D eigenvalue weighted by atomic mass is 32.2. The molecule has 4 rings (SSSR count). The molecule has 164 valence electrons. The van der Waals surface area contributed by atoms with Crippen LogP contribution in [-0.4, -0.2) is 25.5 Å². The van der Waals surface area contributed by atoms with Crippen LogP contribution in [0.15, 0.2) is 72.8 Å². The van der Waals surface area contributed by atoms with Crippen LogP contribution >= 0.6 is 0 Å². The van der Waals surface area contributed by atoms with Gasteiger partial charge >= 0.3 is 0 Å². The fraction of sp³-hybridized carbons (Fsp3) is 0.167. The molecule has 0 fully saturated rings. The molecule has 1 aliphatic heterocycles. The summed E-state index contributed by atoms with van der Waals surface area (Å²) < 4.78 is 26.5. The van der Waals surface area contributed by atoms with E-state index in [1.165, 1.54) is 4.90 Å². The van der Waals surface area contributed by atoms with Crippen LogP contribution < -0.4 is 14.9 Å². The lowest BCUT2D eigenvalue weighted by Gasteiger charge is -2.13. The Morgan fingerprint density at radius 1 is 0.812 bits per heavy atom. The minimum atomic E-state index is -3.39. The van der Waals surface area contributed by atoms with Crippen molar-refractivity contribution in [3.63, 3.8) is 0 Å². The van der Waals surface area contributed by atoms with Crippen molar-refractivity contribution >= 4 is 38.9 Å². The van der Waals surface area contributed by atoms with E-state index in [-0.39, 0.29) is 11.8 Å². The highest BCUT2D eigenvalue weighted by molar-refractivity contribution is 7.93. The highest BCUT2D eigenvalue weighted by Gasteiger charge is 2.36. The standard InChI is InChI=1S/C24H23N3O4S/c1-16(2)32(30,31)26-18-10-8-17(9-11-18)15-25-19-12-13-21-22(14-19)24(29)27(23(21)28)20-6-4-3-5-7-20/h3-14,16,25-26H,15H2,1-2H3. The van der Waals surface area contributed by atoms with Crippen molar-refractivity contribution in [1.29, 1.82) is 0 Å². The first kappa shape index (κ1) is 21.6. The number of nitrogens with one attached hydrogen (secondary N) is 2. The first-order valence-corrected chi connectivity index (χ1v) is 11.7. The Balaban J connectivity index is 1.45. The second-order valence-electron chi connectivity index (χ2n) is 7.79. The normalized spacial score (nSPS) is 13.4. The number of amides is 2. The van der Waals surface area contributed by atoms with Crippen LogP contribution in [0.5, 0.6) is 0 Å². The Morgan fingerprint density at radius 2 is 1.44 bits per heavy atom. The summed E-state index contributed by atoms with van der Waals surface area (Å²) in [6, 6.07) is 21.0. The van der Waals surface area contributed by atoms with Gasteiger partial charge in [-0.15, -0.1) is 0 Å². The molecule has 3 aromatic rings. The summed E-state index contributed by atoms with van der Waals surface area (Å²) in [6.07, 6.45) is 0. The number of benzene rings is 3. The van der Waals surface area contributed by atoms with Gasteiger partial charge in [0.1, 0.15) is 0 Å². The smallest absolute Gasteiger partial charge is 0.266 e. The van der Waals surface area contributed by atoms with E-state index in [1.54, 1.807) is 68.4 Å². The van der Waals surface area contributed by atoms with Gasteiger partial charge in [0.25, 0.3) is 11.8 Å². The first-order chi connectivity index (χ1) is 15.3. The summed E-state index contributed by atoms with van der Waals surface area (Å²) in [6.45, 7) is 3.71. The van der Waals surface area contributed by atoms with E-state index >= 15 is 0 Å². The van der Waals surface area contributed by atoms with Crippen molar-refractivity contribution in [1.82, 2.24) is 0 Å². The van der Waals surface area contributed by atoms with E-state index in [9.17, 15) is 18.0 Å². The molecule has 2 N–H and O–H groups in total. The van der Waals surface area contributed by atoms with Crippen molar-refractivity contribution < 1.29 is 18.0 Å². The second kappa shape index (κ2) is 8.47. The molecule has 0 bridgehead atoms. The van der Waals surface area contributed by atoms with Crippen LogP contribution in [0.3, 0.4) is 0 Å². The predicted octanol–water partition coefficient (Wildman–Crippen LogP) is 4.25. The first-order valence-electron chi connectivity index (χ1n) is 10.2. The number of hydrogen-bond acceptors (Lipinski definition) is 5. The molecule has 2 amide bonds. The van der Waals surface area contributed by atoms with E-state index in [0.717, 1.165) is 5.56 Å². The molecular weight excluding hydrogens is 426 g/mol. The lowest BCUT2D eigenvalue weighted by molar-refractivity contribution is 0.0926. The van der Waals surface area contributed by atoms with Gasteiger partial charge in [0.05, 0.1) is 22.1 Å². The number of hydrogen-bond donors (Lipinski definition) is 2. The molecule has 32 heavy (non-hydrogen) atoms. The lowest BCUT2D eigenvalue weighted by Crippen LogP contribution is -2.29. The fourth-order valence-corrected chi connectivity index (χ4v) is 4.04. The zero-order chi connectivity index (χ0) is 22.9. The van der Waals surface area contributed by atoms with Gasteiger partial charge in [-0.25, -0.2) is 13.3 Å². The topological polar surface area (TPSA) is 95.6 Å². The number of nitrogens with zero attached hydrogens (tertiary/aromatic N) is 1. The average molecular weight is 450 g/mol. The fourth-order valence-electron chi connectivity index (χ4n) is 3.34. The van der Waals surface area contributed by atoms with Gasteiger partial charge in [-0.1, -0.05) is 30.3 Å². The van der Waals surface area contributed by atoms with Crippen LogP contribution in [0.1, 0.15) is 40.1 Å². The Bertz CT molecular complexity index is 1270. The lowest BCUT2D eigenvalue weighted by atomic mass is 10.1. The molecule has 0 atom stereocenters. The van der Waals surface area contributed by atoms with Crippen molar-refractivity contribution in [2.24, 2.45) is 0 Å². The molecule has 7 nitrogen and oxygen atoms in total. The zero-order valence-electron chi connectivity index (χ0n) is 17.7. The summed E-state index contributed by atoms with van der Waals surface area (Å²) >= 11 is 0. The van der Waals surface area contributed by atoms with Crippen molar-refractivity contribution in [3.05, 3.63) is 89.5 Å². The molecule has 3 aromatic carbocycles. The van der Waals surface area contributed by atoms with E-state index in [1.807, 2.05) is 18.2 Å². The van der Waals surface area contributed by atoms with Gasteiger partial charge in [0.15, 0.2) is 0 Å². The Kier molecular flexibility index (Phi) is 5.71. The molecule has 0 aromatic heterocycles. The third-order valence-electron chi connectivity index (χ3n) is 5.23. The maximum absolute atomic E-state index is 12.9. The molecule has 0 spiro atoms. The molecule has 1 heterocycles. The van der Waals surface area contributed by atoms with E-state index < -0.39 is 15.3 Å². The van der Waals surface area contributed by atoms with Crippen LogP contribution in [-0.2, 0) is 16.6 Å². The van der Waals surface area contributed by atoms with Crippen molar-refractivity contribution in [2.75, 3.05) is 14.9 Å². The number of fused-ring (bicyclic) bond motifs is 1. The van der Waals surface area contributed by atoms with Gasteiger partial charge in [0.2, 0.25) is 10.0 Å². The molecule has 0 saturated heterocycles. The number of rotatable bonds is 7. The zero-order valence-corrected chi connectivity index (χ0v) is 18.5. The van der Waals surface area contributed by atoms with E-state index in [2.05, 4.69) is 10.0 Å². The summed E-state index contributed by atoms with van der Waals surface area (Å²) in [5, 5.41) is 2.73. The maximum Gasteiger partial charge on any atom is 0.266 e. The molecule has 0 unspecified atom stereocenters. The minimum Gasteiger partial charge on any atom is -0.381 e. The SMILES string of the molecule is CC(C)S(=O)(=O)Nc1ccc(CNc2ccc3c(c2)C(=O)N(c2ccccc2)C3=O)cc1. The number of sulfonamides is 1. The van der Waals surface area contributed by atoms with Crippen LogP contribution in [0.2, 0.25) is 0 Å². The van der Waals surface area contributed by atoms with Gasteiger partial charge in [-0.3, -0.25) is 14.3 Å². The largest absolute Gasteiger partial charge is 0.381 e. The van der Waals surface area contributed by atoms with Gasteiger partial charge < -0.3 is 5.32 Å². The summed E-state index contributed by atoms with van der Waals surface area (Å²) in [4.78, 5) is 26.7. The second-order valence-corrected chi connectivity index (χ2v) is 10.0. The van der Waals surface area contributed by atoms with Crippen LogP contribution in [0.25, 0.3) is 0 Å². The van der Waals surface area contributed by atoms with Gasteiger partial charge in [0, 0.05) is 17.9 Å². The predicted molar refractivity (Wildman–Crippen MR) is 125 cm³/mol. The number of carbonyl (C=O) groups excluding carboxylic acids is 2. The summed E-state index contributed by atoms with van der Waals surface area (Å²) in [5.41, 5.74) is 3.44. The van der Waals surface area contributed by atoms with Crippen molar-refractivity contribution in [2.45, 2.75) is 25.6 Å². The van der Waals surface area contributed by atoms with Gasteiger partial charge in [-0.05, 0) is 61.9 Å².